The van der Waals surface area contributed by atoms with E-state index < -0.39 is 0 Å². The van der Waals surface area contributed by atoms with Gasteiger partial charge in [-0.05, 0) is 59.7 Å². The molecule has 0 N–H and O–H groups in total. The molecule has 0 amide bonds. The molecule has 0 fully saturated rings. The van der Waals surface area contributed by atoms with E-state index in [-0.39, 0.29) is 0 Å². The summed E-state index contributed by atoms with van der Waals surface area (Å²) >= 11 is 0. The van der Waals surface area contributed by atoms with Crippen LogP contribution >= 0.6 is 0 Å². The van der Waals surface area contributed by atoms with Crippen molar-refractivity contribution >= 4 is 21.8 Å². The van der Waals surface area contributed by atoms with Crippen molar-refractivity contribution in [3.05, 3.63) is 151 Å². The monoisotopic (exact) mass is 601 g/mol. The van der Waals surface area contributed by atoms with Gasteiger partial charge in [-0.15, -0.1) is 0 Å². The highest BCUT2D eigenvalue weighted by molar-refractivity contribution is 6.10. The van der Waals surface area contributed by atoms with Gasteiger partial charge in [0.1, 0.15) is 0 Å². The molecule has 3 heterocycles. The topological polar surface area (TPSA) is 104 Å². The van der Waals surface area contributed by atoms with Gasteiger partial charge in [-0.25, -0.2) is 15.0 Å². The second kappa shape index (κ2) is 11.5. The highest BCUT2D eigenvalue weighted by Gasteiger charge is 2.21. The lowest BCUT2D eigenvalue weighted by Gasteiger charge is -2.16. The maximum atomic E-state index is 9.85. The van der Waals surface area contributed by atoms with Crippen LogP contribution in [0.25, 0.3) is 72.8 Å². The van der Waals surface area contributed by atoms with Gasteiger partial charge in [-0.2, -0.15) is 10.5 Å². The number of aromatic nitrogens is 5. The van der Waals surface area contributed by atoms with Crippen molar-refractivity contribution in [3.63, 3.8) is 0 Å². The zero-order valence-electron chi connectivity index (χ0n) is 24.9. The fraction of sp³-hybridized carbons (Fsp3) is 0. The average molecular weight is 602 g/mol. The van der Waals surface area contributed by atoms with Crippen molar-refractivity contribution in [2.75, 3.05) is 0 Å². The zero-order chi connectivity index (χ0) is 31.7. The van der Waals surface area contributed by atoms with Gasteiger partial charge < -0.3 is 4.57 Å². The second-order valence-corrected chi connectivity index (χ2v) is 11.0. The molecule has 7 heteroatoms. The number of hydrogen-bond acceptors (Lipinski definition) is 6. The summed E-state index contributed by atoms with van der Waals surface area (Å²) in [6.45, 7) is 0. The molecule has 0 radical (unpaired) electrons. The van der Waals surface area contributed by atoms with Gasteiger partial charge in [0.2, 0.25) is 0 Å². The normalized spacial score (nSPS) is 10.9. The molecule has 0 spiro atoms. The second-order valence-electron chi connectivity index (χ2n) is 11.0. The van der Waals surface area contributed by atoms with Gasteiger partial charge in [0.25, 0.3) is 0 Å². The molecular weight excluding hydrogens is 578 g/mol. The highest BCUT2D eigenvalue weighted by atomic mass is 15.1. The van der Waals surface area contributed by atoms with Gasteiger partial charge in [0, 0.05) is 39.9 Å². The lowest BCUT2D eigenvalue weighted by Crippen LogP contribution is -2.04. The van der Waals surface area contributed by atoms with Crippen LogP contribution < -0.4 is 0 Å². The number of rotatable bonds is 5. The highest BCUT2D eigenvalue weighted by Crippen LogP contribution is 2.38. The van der Waals surface area contributed by atoms with Crippen LogP contribution in [0.15, 0.2) is 140 Å². The van der Waals surface area contributed by atoms with Gasteiger partial charge in [-0.3, -0.25) is 4.98 Å². The molecule has 8 rings (SSSR count). The van der Waals surface area contributed by atoms with Crippen molar-refractivity contribution in [1.29, 1.82) is 10.5 Å². The number of benzene rings is 5. The lowest BCUT2D eigenvalue weighted by atomic mass is 10.0. The Bertz CT molecular complexity index is 2400. The summed E-state index contributed by atoms with van der Waals surface area (Å²) in [5, 5.41) is 21.6. The van der Waals surface area contributed by atoms with Crippen molar-refractivity contribution in [2.45, 2.75) is 0 Å². The van der Waals surface area contributed by atoms with Crippen LogP contribution in [0.4, 0.5) is 0 Å². The van der Waals surface area contributed by atoms with Crippen LogP contribution in [0.5, 0.6) is 0 Å². The number of fused-ring (bicyclic) bond motifs is 3. The molecule has 7 nitrogen and oxygen atoms in total. The Labute approximate surface area is 270 Å². The molecule has 0 saturated carbocycles. The summed E-state index contributed by atoms with van der Waals surface area (Å²) in [6.07, 6.45) is 3.54. The molecule has 0 aliphatic rings. The number of nitrogens with zero attached hydrogens (tertiary/aromatic N) is 7. The zero-order valence-corrected chi connectivity index (χ0v) is 24.9. The van der Waals surface area contributed by atoms with Crippen molar-refractivity contribution < 1.29 is 0 Å². The Morgan fingerprint density at radius 3 is 1.53 bits per heavy atom. The van der Waals surface area contributed by atoms with Gasteiger partial charge in [0.15, 0.2) is 17.5 Å². The quantitative estimate of drug-likeness (QED) is 0.195. The predicted molar refractivity (Wildman–Crippen MR) is 183 cm³/mol. The van der Waals surface area contributed by atoms with Gasteiger partial charge in [-0.1, -0.05) is 78.9 Å². The van der Waals surface area contributed by atoms with E-state index in [1.165, 1.54) is 0 Å². The average Bonchev–Trinajstić information content (AvgIpc) is 3.48. The Morgan fingerprint density at radius 1 is 0.468 bits per heavy atom. The van der Waals surface area contributed by atoms with Gasteiger partial charge in [0.05, 0.1) is 40.0 Å². The first kappa shape index (κ1) is 27.6. The minimum Gasteiger partial charge on any atom is -0.308 e. The number of nitriles is 2. The summed E-state index contributed by atoms with van der Waals surface area (Å²) in [6, 6.07) is 45.8. The SMILES string of the molecule is N#Cc1ccc2c3ccc(C#N)cc3n(-c3ccc(-c4ccncc4)cc3-c3nc(-c4ccccc4)nc(-c4ccccc4)n3)c2c1. The minimum atomic E-state index is 0.492. The Kier molecular flexibility index (Phi) is 6.76. The Morgan fingerprint density at radius 2 is 1.00 bits per heavy atom. The van der Waals surface area contributed by atoms with E-state index in [0.717, 1.165) is 55.3 Å². The third kappa shape index (κ3) is 4.95. The third-order valence-electron chi connectivity index (χ3n) is 8.22. The van der Waals surface area contributed by atoms with Crippen LogP contribution in [0.2, 0.25) is 0 Å². The van der Waals surface area contributed by atoms with E-state index in [4.69, 9.17) is 15.0 Å². The van der Waals surface area contributed by atoms with Crippen molar-refractivity contribution in [1.82, 2.24) is 24.5 Å². The molecule has 8 aromatic rings. The fourth-order valence-corrected chi connectivity index (χ4v) is 5.98. The van der Waals surface area contributed by atoms with Crippen LogP contribution in [-0.4, -0.2) is 24.5 Å². The van der Waals surface area contributed by atoms with Crippen LogP contribution in [0, 0.1) is 22.7 Å². The predicted octanol–water partition coefficient (Wildman–Crippen LogP) is 8.78. The van der Waals surface area contributed by atoms with Crippen LogP contribution in [-0.2, 0) is 0 Å². The molecule has 3 aromatic heterocycles. The van der Waals surface area contributed by atoms with Crippen molar-refractivity contribution in [3.8, 4) is 63.1 Å². The molecule has 218 valence electrons. The summed E-state index contributed by atoms with van der Waals surface area (Å²) in [5.41, 5.74) is 8.02. The molecule has 5 aromatic carbocycles. The summed E-state index contributed by atoms with van der Waals surface area (Å²) in [4.78, 5) is 19.3. The van der Waals surface area contributed by atoms with E-state index >= 15 is 0 Å². The Hall–Kier alpha value is -6.96. The molecule has 0 bridgehead atoms. The number of pyridine rings is 1. The largest absolute Gasteiger partial charge is 0.308 e. The minimum absolute atomic E-state index is 0.492. The maximum absolute atomic E-state index is 9.85. The van der Waals surface area contributed by atoms with E-state index in [9.17, 15) is 10.5 Å². The maximum Gasteiger partial charge on any atom is 0.166 e. The molecule has 47 heavy (non-hydrogen) atoms. The number of hydrogen-bond donors (Lipinski definition) is 0. The molecule has 0 aliphatic heterocycles. The summed E-state index contributed by atoms with van der Waals surface area (Å²) in [5.74, 6) is 1.59. The fourth-order valence-electron chi connectivity index (χ4n) is 5.98. The van der Waals surface area contributed by atoms with E-state index in [2.05, 4.69) is 39.9 Å². The molecule has 0 unspecified atom stereocenters. The smallest absolute Gasteiger partial charge is 0.166 e. The van der Waals surface area contributed by atoms with Crippen LogP contribution in [0.1, 0.15) is 11.1 Å². The van der Waals surface area contributed by atoms with E-state index in [0.29, 0.717) is 28.6 Å². The molecule has 0 aliphatic carbocycles. The third-order valence-corrected chi connectivity index (χ3v) is 8.22. The van der Waals surface area contributed by atoms with E-state index in [1.807, 2.05) is 109 Å². The van der Waals surface area contributed by atoms with Crippen molar-refractivity contribution in [2.24, 2.45) is 0 Å². The molecule has 0 saturated heterocycles. The lowest BCUT2D eigenvalue weighted by molar-refractivity contribution is 1.06. The molecular formula is C40H23N7. The first-order valence-electron chi connectivity index (χ1n) is 15.0. The first-order valence-corrected chi connectivity index (χ1v) is 15.0. The van der Waals surface area contributed by atoms with Crippen LogP contribution in [0.3, 0.4) is 0 Å². The van der Waals surface area contributed by atoms with E-state index in [1.54, 1.807) is 12.4 Å². The van der Waals surface area contributed by atoms with Gasteiger partial charge >= 0.3 is 0 Å². The molecule has 0 atom stereocenters. The Balaban J connectivity index is 1.48. The summed E-state index contributed by atoms with van der Waals surface area (Å²) < 4.78 is 2.10. The first-order chi connectivity index (χ1) is 23.2. The standard InChI is InChI=1S/C40H23N7/c41-24-26-11-14-32-33-15-12-27(25-42)22-37(33)47(36(32)21-26)35-16-13-31(28-17-19-43-20-18-28)23-34(35)40-45-38(29-7-3-1-4-8-29)44-39(46-40)30-9-5-2-6-10-30/h1-23H. The summed E-state index contributed by atoms with van der Waals surface area (Å²) in [7, 11) is 0.